The molecule has 0 bridgehead atoms. The average Bonchev–Trinajstić information content (AvgIpc) is 2.91. The first-order chi connectivity index (χ1) is 17.2. The SMILES string of the molecule is NCCC[O+]c1ccc(C(=O)c2ccc(OCc3c4ccccc4cc4ccccc34)cc2)cc1. The van der Waals surface area contributed by atoms with Crippen LogP contribution in [-0.4, -0.2) is 18.9 Å². The number of carbonyl (C=O) groups is 1. The van der Waals surface area contributed by atoms with Crippen molar-refractivity contribution in [3.63, 3.8) is 0 Å². The quantitative estimate of drug-likeness (QED) is 0.117. The number of ether oxygens (including phenoxy) is 2. The molecule has 5 aromatic carbocycles. The van der Waals surface area contributed by atoms with Crippen molar-refractivity contribution in [1.29, 1.82) is 0 Å². The molecule has 1 radical (unpaired) electrons. The Morgan fingerprint density at radius 1 is 0.743 bits per heavy atom. The first-order valence-electron chi connectivity index (χ1n) is 11.8. The molecular weight excluding hydrogens is 434 g/mol. The second-order valence-electron chi connectivity index (χ2n) is 8.45. The van der Waals surface area contributed by atoms with Crippen LogP contribution in [-0.2, 0) is 6.61 Å². The van der Waals surface area contributed by atoms with Gasteiger partial charge in [0.1, 0.15) is 12.4 Å². The van der Waals surface area contributed by atoms with Gasteiger partial charge in [-0.2, -0.15) is 0 Å². The van der Waals surface area contributed by atoms with E-state index in [-0.39, 0.29) is 5.78 Å². The lowest BCUT2D eigenvalue weighted by atomic mass is 9.97. The van der Waals surface area contributed by atoms with Crippen LogP contribution < -0.4 is 15.2 Å². The van der Waals surface area contributed by atoms with Gasteiger partial charge in [0.25, 0.3) is 6.61 Å². The molecule has 173 valence electrons. The van der Waals surface area contributed by atoms with Crippen molar-refractivity contribution in [1.82, 2.24) is 0 Å². The fraction of sp³-hybridized carbons (Fsp3) is 0.129. The summed E-state index contributed by atoms with van der Waals surface area (Å²) in [7, 11) is 0. The molecule has 35 heavy (non-hydrogen) atoms. The Labute approximate surface area is 204 Å². The van der Waals surface area contributed by atoms with Crippen LogP contribution in [0.15, 0.2) is 103 Å². The van der Waals surface area contributed by atoms with Gasteiger partial charge in [-0.25, -0.2) is 0 Å². The molecule has 5 aromatic rings. The van der Waals surface area contributed by atoms with E-state index in [1.54, 1.807) is 12.1 Å². The number of hydrogen-bond acceptors (Lipinski definition) is 4. The molecule has 0 aromatic heterocycles. The van der Waals surface area contributed by atoms with Gasteiger partial charge in [-0.15, -0.1) is 0 Å². The van der Waals surface area contributed by atoms with E-state index in [9.17, 15) is 4.79 Å². The predicted molar refractivity (Wildman–Crippen MR) is 141 cm³/mol. The number of nitrogens with two attached hydrogens (primary N) is 1. The molecular formula is C31H27NO3+. The molecule has 0 fully saturated rings. The van der Waals surface area contributed by atoms with E-state index < -0.39 is 0 Å². The molecule has 0 spiro atoms. The van der Waals surface area contributed by atoms with E-state index >= 15 is 0 Å². The third-order valence-corrected chi connectivity index (χ3v) is 6.12. The highest BCUT2D eigenvalue weighted by Gasteiger charge is 2.13. The molecule has 4 nitrogen and oxygen atoms in total. The average molecular weight is 462 g/mol. The van der Waals surface area contributed by atoms with Gasteiger partial charge < -0.3 is 10.5 Å². The Morgan fingerprint density at radius 3 is 1.91 bits per heavy atom. The number of benzene rings is 5. The van der Waals surface area contributed by atoms with Crippen molar-refractivity contribution in [3.8, 4) is 11.5 Å². The highest BCUT2D eigenvalue weighted by Crippen LogP contribution is 2.29. The Bertz CT molecular complexity index is 1400. The van der Waals surface area contributed by atoms with Gasteiger partial charge in [-0.1, -0.05) is 48.5 Å². The normalized spacial score (nSPS) is 11.0. The van der Waals surface area contributed by atoms with E-state index in [2.05, 4.69) is 54.6 Å². The number of carbonyl (C=O) groups excluding carboxylic acids is 1. The summed E-state index contributed by atoms with van der Waals surface area (Å²) < 4.78 is 11.8. The third kappa shape index (κ3) is 5.03. The van der Waals surface area contributed by atoms with E-state index in [0.717, 1.165) is 23.5 Å². The number of ketones is 1. The number of rotatable bonds is 9. The molecule has 0 aliphatic rings. The summed E-state index contributed by atoms with van der Waals surface area (Å²) in [6.45, 7) is 1.61. The summed E-state index contributed by atoms with van der Waals surface area (Å²) in [6, 6.07) is 33.5. The molecule has 0 saturated carbocycles. The van der Waals surface area contributed by atoms with Crippen molar-refractivity contribution < 1.29 is 14.3 Å². The third-order valence-electron chi connectivity index (χ3n) is 6.12. The van der Waals surface area contributed by atoms with E-state index in [1.807, 2.05) is 36.4 Å². The van der Waals surface area contributed by atoms with Crippen LogP contribution in [0.1, 0.15) is 27.9 Å². The first-order valence-corrected chi connectivity index (χ1v) is 11.8. The van der Waals surface area contributed by atoms with Gasteiger partial charge in [-0.05, 0) is 64.0 Å². The smallest absolute Gasteiger partial charge is 0.343 e. The van der Waals surface area contributed by atoms with Gasteiger partial charge in [0, 0.05) is 41.8 Å². The fourth-order valence-electron chi connectivity index (χ4n) is 4.26. The topological polar surface area (TPSA) is 63.6 Å². The van der Waals surface area contributed by atoms with Crippen molar-refractivity contribution in [2.75, 3.05) is 13.2 Å². The lowest BCUT2D eigenvalue weighted by Gasteiger charge is -2.13. The minimum atomic E-state index is -0.0369. The zero-order chi connectivity index (χ0) is 24.0. The second-order valence-corrected chi connectivity index (χ2v) is 8.45. The monoisotopic (exact) mass is 461 g/mol. The predicted octanol–water partition coefficient (Wildman–Crippen LogP) is 6.53. The molecule has 0 unspecified atom stereocenters. The molecule has 0 aliphatic carbocycles. The van der Waals surface area contributed by atoms with E-state index in [4.69, 9.17) is 15.2 Å². The van der Waals surface area contributed by atoms with Crippen molar-refractivity contribution in [3.05, 3.63) is 120 Å². The summed E-state index contributed by atoms with van der Waals surface area (Å²) in [6.07, 6.45) is 0.797. The second kappa shape index (κ2) is 10.4. The maximum Gasteiger partial charge on any atom is 0.343 e. The Balaban J connectivity index is 1.30. The number of hydrogen-bond donors (Lipinski definition) is 1. The van der Waals surface area contributed by atoms with Crippen molar-refractivity contribution in [2.24, 2.45) is 5.73 Å². The first kappa shape index (κ1) is 22.6. The maximum atomic E-state index is 12.9. The minimum absolute atomic E-state index is 0.0369. The zero-order valence-corrected chi connectivity index (χ0v) is 19.4. The van der Waals surface area contributed by atoms with Crippen molar-refractivity contribution >= 4 is 27.3 Å². The summed E-state index contributed by atoms with van der Waals surface area (Å²) in [4.78, 5) is 12.9. The van der Waals surface area contributed by atoms with Crippen LogP contribution in [0.4, 0.5) is 0 Å². The minimum Gasteiger partial charge on any atom is -0.489 e. The molecule has 4 heteroatoms. The summed E-state index contributed by atoms with van der Waals surface area (Å²) in [5, 5.41) is 4.77. The van der Waals surface area contributed by atoms with Crippen LogP contribution in [0.2, 0.25) is 0 Å². The van der Waals surface area contributed by atoms with E-state index in [1.165, 1.54) is 21.5 Å². The molecule has 5 rings (SSSR count). The van der Waals surface area contributed by atoms with Crippen molar-refractivity contribution in [2.45, 2.75) is 13.0 Å². The van der Waals surface area contributed by atoms with Crippen LogP contribution in [0.25, 0.3) is 21.5 Å². The summed E-state index contributed by atoms with van der Waals surface area (Å²) in [5.41, 5.74) is 7.88. The maximum absolute atomic E-state index is 12.9. The Kier molecular flexibility index (Phi) is 6.73. The largest absolute Gasteiger partial charge is 0.489 e. The highest BCUT2D eigenvalue weighted by atomic mass is 16.5. The molecule has 0 saturated heterocycles. The van der Waals surface area contributed by atoms with Crippen LogP contribution in [0, 0.1) is 0 Å². The van der Waals surface area contributed by atoms with Gasteiger partial charge in [-0.3, -0.25) is 9.53 Å². The summed E-state index contributed by atoms with van der Waals surface area (Å²) >= 11 is 0. The summed E-state index contributed by atoms with van der Waals surface area (Å²) in [5.74, 6) is 1.42. The van der Waals surface area contributed by atoms with Gasteiger partial charge >= 0.3 is 5.75 Å². The Morgan fingerprint density at radius 2 is 1.31 bits per heavy atom. The Hall–Kier alpha value is -4.15. The van der Waals surface area contributed by atoms with Gasteiger partial charge in [0.2, 0.25) is 0 Å². The molecule has 0 aliphatic heterocycles. The van der Waals surface area contributed by atoms with Gasteiger partial charge in [0.15, 0.2) is 5.78 Å². The van der Waals surface area contributed by atoms with Crippen LogP contribution in [0.5, 0.6) is 11.5 Å². The standard InChI is InChI=1S/C31H27NO3/c32-18-5-19-34-26-14-10-22(11-15-26)31(33)23-12-16-27(17-13-23)35-21-30-28-8-3-1-6-24(28)20-25-7-2-4-9-29(25)30/h1-4,6-17,20H,5,18-19,21,32H2/q+1. The zero-order valence-electron chi connectivity index (χ0n) is 19.4. The fourth-order valence-corrected chi connectivity index (χ4v) is 4.26. The lowest BCUT2D eigenvalue weighted by Crippen LogP contribution is -2.06. The van der Waals surface area contributed by atoms with Gasteiger partial charge in [0.05, 0.1) is 0 Å². The molecule has 0 heterocycles. The van der Waals surface area contributed by atoms with Crippen LogP contribution >= 0.6 is 0 Å². The molecule has 0 amide bonds. The number of fused-ring (bicyclic) bond motifs is 2. The van der Waals surface area contributed by atoms with Crippen LogP contribution in [0.3, 0.4) is 0 Å². The molecule has 2 N–H and O–H groups in total. The lowest BCUT2D eigenvalue weighted by molar-refractivity contribution is 0.103. The molecule has 0 atom stereocenters. The van der Waals surface area contributed by atoms with E-state index in [0.29, 0.717) is 30.9 Å². The highest BCUT2D eigenvalue weighted by molar-refractivity contribution is 6.09.